The highest BCUT2D eigenvalue weighted by atomic mass is 32.2. The molecular formula is C12H16N4S. The predicted molar refractivity (Wildman–Crippen MR) is 68.9 cm³/mol. The Morgan fingerprint density at radius 1 is 1.35 bits per heavy atom. The first-order chi connectivity index (χ1) is 8.28. The second-order valence-corrected chi connectivity index (χ2v) is 4.97. The molecule has 0 spiro atoms. The standard InChI is InChI=1S/C12H16N4S/c1-2-10(13)7-9-3-5-11(6-4-9)17-12-14-8-15-16-12/h3-6,8,10H,2,7,13H2,1H3,(H,14,15,16). The highest BCUT2D eigenvalue weighted by molar-refractivity contribution is 7.99. The highest BCUT2D eigenvalue weighted by Gasteiger charge is 2.03. The summed E-state index contributed by atoms with van der Waals surface area (Å²) in [5.41, 5.74) is 7.20. The fourth-order valence-corrected chi connectivity index (χ4v) is 2.19. The van der Waals surface area contributed by atoms with Crippen molar-refractivity contribution < 1.29 is 0 Å². The molecule has 0 fully saturated rings. The van der Waals surface area contributed by atoms with Gasteiger partial charge >= 0.3 is 0 Å². The lowest BCUT2D eigenvalue weighted by molar-refractivity contribution is 0.646. The number of hydrogen-bond acceptors (Lipinski definition) is 4. The van der Waals surface area contributed by atoms with E-state index in [1.54, 1.807) is 11.8 Å². The Morgan fingerprint density at radius 3 is 2.71 bits per heavy atom. The second-order valence-electron chi connectivity index (χ2n) is 3.91. The van der Waals surface area contributed by atoms with Gasteiger partial charge in [-0.15, -0.1) is 0 Å². The van der Waals surface area contributed by atoms with Gasteiger partial charge in [0, 0.05) is 10.9 Å². The van der Waals surface area contributed by atoms with Crippen molar-refractivity contribution in [1.82, 2.24) is 15.2 Å². The minimum absolute atomic E-state index is 0.253. The molecule has 1 heterocycles. The van der Waals surface area contributed by atoms with E-state index in [0.29, 0.717) is 0 Å². The van der Waals surface area contributed by atoms with Crippen molar-refractivity contribution in [3.63, 3.8) is 0 Å². The zero-order valence-electron chi connectivity index (χ0n) is 9.76. The lowest BCUT2D eigenvalue weighted by atomic mass is 10.1. The third-order valence-corrected chi connectivity index (χ3v) is 3.45. The van der Waals surface area contributed by atoms with Gasteiger partial charge in [-0.1, -0.05) is 30.8 Å². The number of aromatic amines is 1. The third-order valence-electron chi connectivity index (χ3n) is 2.55. The molecular weight excluding hydrogens is 232 g/mol. The van der Waals surface area contributed by atoms with E-state index in [-0.39, 0.29) is 6.04 Å². The van der Waals surface area contributed by atoms with Gasteiger partial charge in [-0.05, 0) is 30.5 Å². The molecule has 0 aliphatic heterocycles. The lowest BCUT2D eigenvalue weighted by Gasteiger charge is -2.08. The minimum Gasteiger partial charge on any atom is -0.327 e. The molecule has 1 aromatic heterocycles. The van der Waals surface area contributed by atoms with Crippen molar-refractivity contribution in [3.05, 3.63) is 36.2 Å². The van der Waals surface area contributed by atoms with E-state index < -0.39 is 0 Å². The summed E-state index contributed by atoms with van der Waals surface area (Å²) < 4.78 is 0. The smallest absolute Gasteiger partial charge is 0.188 e. The Morgan fingerprint density at radius 2 is 2.12 bits per heavy atom. The molecule has 17 heavy (non-hydrogen) atoms. The van der Waals surface area contributed by atoms with E-state index in [1.165, 1.54) is 11.9 Å². The Hall–Kier alpha value is -1.33. The Labute approximate surface area is 105 Å². The van der Waals surface area contributed by atoms with Gasteiger partial charge in [0.2, 0.25) is 0 Å². The summed E-state index contributed by atoms with van der Waals surface area (Å²) in [4.78, 5) is 5.22. The van der Waals surface area contributed by atoms with Gasteiger partial charge in [-0.2, -0.15) is 5.10 Å². The van der Waals surface area contributed by atoms with E-state index in [4.69, 9.17) is 5.73 Å². The summed E-state index contributed by atoms with van der Waals surface area (Å²) in [5, 5.41) is 7.44. The molecule has 0 aliphatic rings. The van der Waals surface area contributed by atoms with Crippen molar-refractivity contribution in [3.8, 4) is 0 Å². The van der Waals surface area contributed by atoms with Gasteiger partial charge in [-0.25, -0.2) is 4.98 Å². The van der Waals surface area contributed by atoms with Gasteiger partial charge in [0.25, 0.3) is 0 Å². The molecule has 2 aromatic rings. The molecule has 0 saturated heterocycles. The van der Waals surface area contributed by atoms with Crippen LogP contribution in [0.25, 0.3) is 0 Å². The normalized spacial score (nSPS) is 12.6. The number of nitrogens with zero attached hydrogens (tertiary/aromatic N) is 2. The zero-order chi connectivity index (χ0) is 12.1. The van der Waals surface area contributed by atoms with Gasteiger partial charge in [-0.3, -0.25) is 5.10 Å². The molecule has 0 aliphatic carbocycles. The molecule has 90 valence electrons. The molecule has 0 radical (unpaired) electrons. The first-order valence-corrected chi connectivity index (χ1v) is 6.47. The molecule has 5 heteroatoms. The first-order valence-electron chi connectivity index (χ1n) is 5.65. The molecule has 3 N–H and O–H groups in total. The van der Waals surface area contributed by atoms with E-state index >= 15 is 0 Å². The number of nitrogens with one attached hydrogen (secondary N) is 1. The summed E-state index contributed by atoms with van der Waals surface area (Å²) in [7, 11) is 0. The average Bonchev–Trinajstić information content (AvgIpc) is 2.84. The second kappa shape index (κ2) is 5.84. The van der Waals surface area contributed by atoms with E-state index in [1.807, 2.05) is 0 Å². The van der Waals surface area contributed by atoms with Gasteiger partial charge < -0.3 is 5.73 Å². The lowest BCUT2D eigenvalue weighted by Crippen LogP contribution is -2.21. The van der Waals surface area contributed by atoms with Gasteiger partial charge in [0.05, 0.1) is 0 Å². The van der Waals surface area contributed by atoms with Crippen LogP contribution >= 0.6 is 11.8 Å². The number of aromatic nitrogens is 3. The molecule has 0 bridgehead atoms. The molecule has 1 unspecified atom stereocenters. The highest BCUT2D eigenvalue weighted by Crippen LogP contribution is 2.24. The van der Waals surface area contributed by atoms with Crippen LogP contribution in [0.4, 0.5) is 0 Å². The van der Waals surface area contributed by atoms with Gasteiger partial charge in [0.1, 0.15) is 6.33 Å². The number of hydrogen-bond donors (Lipinski definition) is 2. The monoisotopic (exact) mass is 248 g/mol. The molecule has 0 amide bonds. The van der Waals surface area contributed by atoms with Crippen LogP contribution < -0.4 is 5.73 Å². The molecule has 1 aromatic carbocycles. The van der Waals surface area contributed by atoms with Crippen LogP contribution in [0.1, 0.15) is 18.9 Å². The summed E-state index contributed by atoms with van der Waals surface area (Å²) >= 11 is 1.57. The van der Waals surface area contributed by atoms with E-state index in [9.17, 15) is 0 Å². The molecule has 4 nitrogen and oxygen atoms in total. The van der Waals surface area contributed by atoms with Crippen molar-refractivity contribution in [1.29, 1.82) is 0 Å². The van der Waals surface area contributed by atoms with Crippen LogP contribution in [0, 0.1) is 0 Å². The SMILES string of the molecule is CCC(N)Cc1ccc(Sc2ncn[nH]2)cc1. The maximum atomic E-state index is 5.92. The maximum absolute atomic E-state index is 5.92. The molecule has 0 saturated carbocycles. The number of rotatable bonds is 5. The van der Waals surface area contributed by atoms with Crippen LogP contribution in [0.5, 0.6) is 0 Å². The number of H-pyrrole nitrogens is 1. The van der Waals surface area contributed by atoms with Crippen LogP contribution in [0.15, 0.2) is 40.6 Å². The van der Waals surface area contributed by atoms with E-state index in [0.717, 1.165) is 22.9 Å². The molecule has 1 atom stereocenters. The third kappa shape index (κ3) is 3.57. The number of benzene rings is 1. The zero-order valence-corrected chi connectivity index (χ0v) is 10.6. The summed E-state index contributed by atoms with van der Waals surface area (Å²) in [6.07, 6.45) is 3.45. The number of nitrogens with two attached hydrogens (primary N) is 1. The van der Waals surface area contributed by atoms with Crippen molar-refractivity contribution in [2.45, 2.75) is 35.9 Å². The fraction of sp³-hybridized carbons (Fsp3) is 0.333. The van der Waals surface area contributed by atoms with Crippen LogP contribution in [-0.4, -0.2) is 21.2 Å². The minimum atomic E-state index is 0.253. The predicted octanol–water partition coefficient (Wildman–Crippen LogP) is 2.24. The Bertz CT molecular complexity index is 438. The van der Waals surface area contributed by atoms with Gasteiger partial charge in [0.15, 0.2) is 5.16 Å². The Balaban J connectivity index is 1.98. The molecule has 2 rings (SSSR count). The van der Waals surface area contributed by atoms with Crippen molar-refractivity contribution >= 4 is 11.8 Å². The Kier molecular flexibility index (Phi) is 4.17. The van der Waals surface area contributed by atoms with Crippen LogP contribution in [-0.2, 0) is 6.42 Å². The van der Waals surface area contributed by atoms with Crippen LogP contribution in [0.3, 0.4) is 0 Å². The fourth-order valence-electron chi connectivity index (χ4n) is 1.50. The van der Waals surface area contributed by atoms with Crippen molar-refractivity contribution in [2.24, 2.45) is 5.73 Å². The summed E-state index contributed by atoms with van der Waals surface area (Å²) in [6, 6.07) is 8.67. The average molecular weight is 248 g/mol. The van der Waals surface area contributed by atoms with Crippen LogP contribution in [0.2, 0.25) is 0 Å². The first kappa shape index (κ1) is 12.1. The topological polar surface area (TPSA) is 67.6 Å². The van der Waals surface area contributed by atoms with E-state index in [2.05, 4.69) is 46.4 Å². The summed E-state index contributed by atoms with van der Waals surface area (Å²) in [5.74, 6) is 0. The summed E-state index contributed by atoms with van der Waals surface area (Å²) in [6.45, 7) is 2.11. The largest absolute Gasteiger partial charge is 0.327 e. The quantitative estimate of drug-likeness (QED) is 0.851. The maximum Gasteiger partial charge on any atom is 0.188 e. The van der Waals surface area contributed by atoms with Crippen molar-refractivity contribution in [2.75, 3.05) is 0 Å².